The highest BCUT2D eigenvalue weighted by atomic mass is 32.2. The molecule has 1 amide bonds. The molecule has 2 N–H and O–H groups in total. The van der Waals surface area contributed by atoms with E-state index in [0.717, 1.165) is 6.54 Å². The lowest BCUT2D eigenvalue weighted by Gasteiger charge is -2.33. The van der Waals surface area contributed by atoms with Crippen molar-refractivity contribution >= 4 is 37.4 Å². The van der Waals surface area contributed by atoms with E-state index in [-0.39, 0.29) is 10.6 Å². The van der Waals surface area contributed by atoms with Gasteiger partial charge in [-0.1, -0.05) is 18.2 Å². The number of nitrogens with two attached hydrogens (primary N) is 1. The highest BCUT2D eigenvalue weighted by Crippen LogP contribution is 2.27. The third kappa shape index (κ3) is 3.46. The molecule has 1 aromatic carbocycles. The molecule has 1 fully saturated rings. The van der Waals surface area contributed by atoms with Crippen LogP contribution in [0.5, 0.6) is 0 Å². The Morgan fingerprint density at radius 3 is 2.57 bits per heavy atom. The van der Waals surface area contributed by atoms with Gasteiger partial charge in [-0.25, -0.2) is 8.42 Å². The monoisotopic (exact) mass is 418 g/mol. The van der Waals surface area contributed by atoms with Crippen LogP contribution in [0.25, 0.3) is 10.1 Å². The Bertz CT molecular complexity index is 1130. The minimum atomic E-state index is -3.64. The minimum absolute atomic E-state index is 0.112. The number of carbonyl (C=O) groups excluding carboxylic acids is 1. The van der Waals surface area contributed by atoms with Crippen molar-refractivity contribution in [1.29, 1.82) is 0 Å². The molecule has 0 bridgehead atoms. The van der Waals surface area contributed by atoms with Crippen LogP contribution in [-0.4, -0.2) is 54.3 Å². The number of aryl methyl sites for hydroxylation is 1. The van der Waals surface area contributed by atoms with Crippen LogP contribution in [-0.2, 0) is 23.6 Å². The predicted molar refractivity (Wildman–Crippen MR) is 110 cm³/mol. The van der Waals surface area contributed by atoms with Crippen molar-refractivity contribution in [2.45, 2.75) is 11.4 Å². The Kier molecular flexibility index (Phi) is 5.00. The van der Waals surface area contributed by atoms with E-state index >= 15 is 0 Å². The second-order valence-electron chi connectivity index (χ2n) is 6.97. The molecule has 2 aromatic heterocycles. The van der Waals surface area contributed by atoms with Gasteiger partial charge in [0.25, 0.3) is 5.91 Å². The average Bonchev–Trinajstić information content (AvgIpc) is 3.27. The molecule has 4 rings (SSSR count). The molecule has 0 aliphatic carbocycles. The van der Waals surface area contributed by atoms with Crippen LogP contribution in [0.3, 0.4) is 0 Å². The van der Waals surface area contributed by atoms with Crippen molar-refractivity contribution in [2.24, 2.45) is 12.8 Å². The maximum Gasteiger partial charge on any atom is 0.265 e. The number of hydrogen-bond acceptors (Lipinski definition) is 5. The first kappa shape index (κ1) is 19.1. The summed E-state index contributed by atoms with van der Waals surface area (Å²) in [5, 5.41) is 3.45. The van der Waals surface area contributed by atoms with Crippen LogP contribution in [0, 0.1) is 0 Å². The van der Waals surface area contributed by atoms with E-state index in [1.165, 1.54) is 36.8 Å². The summed E-state index contributed by atoms with van der Waals surface area (Å²) in [6, 6.07) is 9.69. The van der Waals surface area contributed by atoms with Crippen LogP contribution in [0.2, 0.25) is 0 Å². The lowest BCUT2D eigenvalue weighted by Crippen LogP contribution is -2.48. The van der Waals surface area contributed by atoms with E-state index in [2.05, 4.69) is 22.4 Å². The summed E-state index contributed by atoms with van der Waals surface area (Å²) in [6.07, 6.45) is 1.44. The molecule has 0 radical (unpaired) electrons. The molecule has 0 spiro atoms. The number of piperazine rings is 1. The van der Waals surface area contributed by atoms with Gasteiger partial charge in [-0.15, -0.1) is 11.3 Å². The molecular formula is C19H22N4O3S2. The molecule has 0 unspecified atom stereocenters. The van der Waals surface area contributed by atoms with Crippen LogP contribution in [0.15, 0.2) is 46.8 Å². The largest absolute Gasteiger partial charge is 0.364 e. The Morgan fingerprint density at radius 2 is 1.89 bits per heavy atom. The van der Waals surface area contributed by atoms with Crippen molar-refractivity contribution in [2.75, 3.05) is 26.2 Å². The molecule has 9 heteroatoms. The van der Waals surface area contributed by atoms with Gasteiger partial charge in [0.1, 0.15) is 10.6 Å². The molecule has 0 atom stereocenters. The number of thiophene rings is 1. The zero-order chi connectivity index (χ0) is 19.9. The van der Waals surface area contributed by atoms with Gasteiger partial charge in [-0.2, -0.15) is 4.31 Å². The van der Waals surface area contributed by atoms with Crippen molar-refractivity contribution in [1.82, 2.24) is 13.8 Å². The number of rotatable bonds is 5. The van der Waals surface area contributed by atoms with Gasteiger partial charge in [-0.3, -0.25) is 9.69 Å². The van der Waals surface area contributed by atoms with Gasteiger partial charge in [0.05, 0.1) is 0 Å². The summed E-state index contributed by atoms with van der Waals surface area (Å²) in [7, 11) is -2.02. The summed E-state index contributed by atoms with van der Waals surface area (Å²) in [5.41, 5.74) is 6.76. The zero-order valence-electron chi connectivity index (χ0n) is 15.5. The van der Waals surface area contributed by atoms with Gasteiger partial charge in [0.2, 0.25) is 10.0 Å². The van der Waals surface area contributed by atoms with Crippen molar-refractivity contribution in [3.05, 3.63) is 53.2 Å². The molecule has 148 valence electrons. The number of hydrogen-bond donors (Lipinski definition) is 1. The summed E-state index contributed by atoms with van der Waals surface area (Å²) in [6.45, 7) is 2.99. The minimum Gasteiger partial charge on any atom is -0.364 e. The van der Waals surface area contributed by atoms with Crippen molar-refractivity contribution < 1.29 is 13.2 Å². The molecular weight excluding hydrogens is 396 g/mol. The molecule has 1 saturated heterocycles. The van der Waals surface area contributed by atoms with Crippen LogP contribution in [0.1, 0.15) is 16.1 Å². The standard InChI is InChI=1S/C19H22N4O3S2/c1-21-12-15(10-17(21)19(20)24)28(25,26)23-8-6-22(7-9-23)11-14-13-27-18-5-3-2-4-16(14)18/h2-5,10,12-13H,6-9,11H2,1H3,(H2,20,24). The molecule has 0 saturated carbocycles. The maximum atomic E-state index is 12.9. The Balaban J connectivity index is 1.45. The van der Waals surface area contributed by atoms with E-state index in [1.807, 2.05) is 12.1 Å². The quantitative estimate of drug-likeness (QED) is 0.685. The number of amides is 1. The van der Waals surface area contributed by atoms with Gasteiger partial charge in [0, 0.05) is 50.7 Å². The summed E-state index contributed by atoms with van der Waals surface area (Å²) in [5.74, 6) is -0.642. The third-order valence-corrected chi connectivity index (χ3v) is 8.03. The second-order valence-corrected chi connectivity index (χ2v) is 9.82. The van der Waals surface area contributed by atoms with E-state index in [4.69, 9.17) is 5.73 Å². The molecule has 3 aromatic rings. The highest BCUT2D eigenvalue weighted by molar-refractivity contribution is 7.89. The zero-order valence-corrected chi connectivity index (χ0v) is 17.2. The van der Waals surface area contributed by atoms with E-state index < -0.39 is 15.9 Å². The number of primary amides is 1. The second kappa shape index (κ2) is 7.32. The number of benzene rings is 1. The highest BCUT2D eigenvalue weighted by Gasteiger charge is 2.30. The number of sulfonamides is 1. The molecule has 1 aliphatic rings. The first-order chi connectivity index (χ1) is 13.4. The van der Waals surface area contributed by atoms with Gasteiger partial charge in [0.15, 0.2) is 0 Å². The van der Waals surface area contributed by atoms with Crippen molar-refractivity contribution in [3.8, 4) is 0 Å². The van der Waals surface area contributed by atoms with Gasteiger partial charge >= 0.3 is 0 Å². The Hall–Kier alpha value is -2.20. The Morgan fingerprint density at radius 1 is 1.18 bits per heavy atom. The van der Waals surface area contributed by atoms with Crippen molar-refractivity contribution in [3.63, 3.8) is 0 Å². The van der Waals surface area contributed by atoms with E-state index in [1.54, 1.807) is 18.4 Å². The number of aromatic nitrogens is 1. The van der Waals surface area contributed by atoms with E-state index in [9.17, 15) is 13.2 Å². The number of carbonyl (C=O) groups is 1. The van der Waals surface area contributed by atoms with Crippen LogP contribution < -0.4 is 5.73 Å². The molecule has 28 heavy (non-hydrogen) atoms. The first-order valence-corrected chi connectivity index (χ1v) is 11.3. The smallest absolute Gasteiger partial charge is 0.265 e. The fourth-order valence-corrected chi connectivity index (χ4v) is 6.04. The summed E-state index contributed by atoms with van der Waals surface area (Å²) in [4.78, 5) is 13.8. The average molecular weight is 419 g/mol. The third-order valence-electron chi connectivity index (χ3n) is 5.16. The van der Waals surface area contributed by atoms with Crippen LogP contribution in [0.4, 0.5) is 0 Å². The lowest BCUT2D eigenvalue weighted by molar-refractivity contribution is 0.0992. The fraction of sp³-hybridized carbons (Fsp3) is 0.316. The van der Waals surface area contributed by atoms with E-state index in [0.29, 0.717) is 26.2 Å². The normalized spacial score (nSPS) is 16.6. The number of nitrogens with zero attached hydrogens (tertiary/aromatic N) is 3. The lowest BCUT2D eigenvalue weighted by atomic mass is 10.1. The first-order valence-electron chi connectivity index (χ1n) is 9.00. The molecule has 7 nitrogen and oxygen atoms in total. The molecule has 1 aliphatic heterocycles. The SMILES string of the molecule is Cn1cc(S(=O)(=O)N2CCN(Cc3csc4ccccc34)CC2)cc1C(N)=O. The fourth-order valence-electron chi connectivity index (χ4n) is 3.59. The summed E-state index contributed by atoms with van der Waals surface area (Å²) >= 11 is 1.74. The summed E-state index contributed by atoms with van der Waals surface area (Å²) < 4.78 is 30.0. The number of fused-ring (bicyclic) bond motifs is 1. The van der Waals surface area contributed by atoms with Gasteiger partial charge < -0.3 is 10.3 Å². The Labute approximate surface area is 168 Å². The topological polar surface area (TPSA) is 88.6 Å². The maximum absolute atomic E-state index is 12.9. The van der Waals surface area contributed by atoms with Crippen LogP contribution >= 0.6 is 11.3 Å². The molecule has 3 heterocycles. The predicted octanol–water partition coefficient (Wildman–Crippen LogP) is 1.85. The van der Waals surface area contributed by atoms with Gasteiger partial charge in [-0.05, 0) is 28.5 Å².